The minimum absolute atomic E-state index is 0.00504. The molecular formula is C11H8Cl3NO2S. The van der Waals surface area contributed by atoms with Gasteiger partial charge in [0.25, 0.3) is 3.79 Å². The first-order chi connectivity index (χ1) is 8.30. The summed E-state index contributed by atoms with van der Waals surface area (Å²) in [4.78, 5) is 24.9. The van der Waals surface area contributed by atoms with Crippen molar-refractivity contribution in [2.24, 2.45) is 0 Å². The monoisotopic (exact) mass is 323 g/mol. The molecule has 0 saturated carbocycles. The van der Waals surface area contributed by atoms with E-state index >= 15 is 0 Å². The maximum absolute atomic E-state index is 11.6. The number of Topliss-reactive ketones (excluding diaryl/α,β-unsaturated/α-hetero) is 1. The molecule has 0 aliphatic heterocycles. The molecule has 0 aromatic carbocycles. The molecule has 1 aromatic heterocycles. The van der Waals surface area contributed by atoms with Crippen molar-refractivity contribution in [1.29, 1.82) is 0 Å². The lowest BCUT2D eigenvalue weighted by molar-refractivity contribution is -0.109. The highest BCUT2D eigenvalue weighted by molar-refractivity contribution is 8.13. The van der Waals surface area contributed by atoms with Crippen LogP contribution in [0.5, 0.6) is 0 Å². The zero-order valence-electron chi connectivity index (χ0n) is 9.22. The van der Waals surface area contributed by atoms with Crippen LogP contribution in [0.1, 0.15) is 23.0 Å². The van der Waals surface area contributed by atoms with Gasteiger partial charge in [-0.3, -0.25) is 9.59 Å². The number of nitrogens with one attached hydrogen (secondary N) is 1. The molecule has 7 heteroatoms. The van der Waals surface area contributed by atoms with Gasteiger partial charge in [-0.25, -0.2) is 0 Å². The lowest BCUT2D eigenvalue weighted by Gasteiger charge is -2.06. The Morgan fingerprint density at radius 3 is 2.67 bits per heavy atom. The predicted octanol–water partition coefficient (Wildman–Crippen LogP) is 3.20. The summed E-state index contributed by atoms with van der Waals surface area (Å²) in [6, 6.07) is 1.50. The van der Waals surface area contributed by atoms with Crippen molar-refractivity contribution >= 4 is 57.5 Å². The molecular weight excluding hydrogens is 317 g/mol. The third kappa shape index (κ3) is 4.95. The highest BCUT2D eigenvalue weighted by Gasteiger charge is 2.32. The van der Waals surface area contributed by atoms with Crippen molar-refractivity contribution in [3.05, 3.63) is 23.5 Å². The molecule has 0 aliphatic rings. The molecule has 1 N–H and O–H groups in total. The molecule has 1 heterocycles. The lowest BCUT2D eigenvalue weighted by Crippen LogP contribution is -2.19. The summed E-state index contributed by atoms with van der Waals surface area (Å²) >= 11 is 17.5. The number of ketones is 1. The third-order valence-electron chi connectivity index (χ3n) is 1.77. The van der Waals surface area contributed by atoms with Gasteiger partial charge in [-0.2, -0.15) is 0 Å². The molecule has 0 radical (unpaired) electrons. The Labute approximate surface area is 124 Å². The van der Waals surface area contributed by atoms with E-state index in [4.69, 9.17) is 34.8 Å². The second-order valence-electron chi connectivity index (χ2n) is 3.21. The molecule has 1 aromatic rings. The van der Waals surface area contributed by atoms with Gasteiger partial charge in [-0.05, 0) is 6.07 Å². The van der Waals surface area contributed by atoms with Crippen molar-refractivity contribution in [3.63, 3.8) is 0 Å². The van der Waals surface area contributed by atoms with Crippen LogP contribution in [-0.4, -0.2) is 25.4 Å². The van der Waals surface area contributed by atoms with Gasteiger partial charge in [-0.1, -0.05) is 58.4 Å². The average Bonchev–Trinajstić information content (AvgIpc) is 2.70. The first-order valence-electron chi connectivity index (χ1n) is 4.73. The van der Waals surface area contributed by atoms with Crippen LogP contribution in [0.15, 0.2) is 12.3 Å². The minimum Gasteiger partial charge on any atom is -0.357 e. The fourth-order valence-electron chi connectivity index (χ4n) is 1.03. The molecule has 0 fully saturated rings. The molecule has 0 aliphatic carbocycles. The average molecular weight is 325 g/mol. The Kier molecular flexibility index (Phi) is 5.61. The topological polar surface area (TPSA) is 49.9 Å². The summed E-state index contributed by atoms with van der Waals surface area (Å²) in [5.41, 5.74) is 0.773. The molecule has 0 amide bonds. The summed E-state index contributed by atoms with van der Waals surface area (Å²) in [6.07, 6.45) is 1.54. The Bertz CT molecular complexity index is 522. The van der Waals surface area contributed by atoms with Crippen molar-refractivity contribution in [1.82, 2.24) is 4.98 Å². The van der Waals surface area contributed by atoms with E-state index in [-0.39, 0.29) is 10.8 Å². The fourth-order valence-corrected chi connectivity index (χ4v) is 1.68. The van der Waals surface area contributed by atoms with E-state index < -0.39 is 9.58 Å². The molecule has 0 unspecified atom stereocenters. The molecule has 18 heavy (non-hydrogen) atoms. The van der Waals surface area contributed by atoms with Crippen molar-refractivity contribution in [2.75, 3.05) is 5.75 Å². The Balaban J connectivity index is 2.70. The van der Waals surface area contributed by atoms with Gasteiger partial charge < -0.3 is 4.98 Å². The van der Waals surface area contributed by atoms with Crippen LogP contribution in [0, 0.1) is 11.8 Å². The number of aromatic amines is 1. The lowest BCUT2D eigenvalue weighted by atomic mass is 10.2. The summed E-state index contributed by atoms with van der Waals surface area (Å²) < 4.78 is -1.99. The van der Waals surface area contributed by atoms with Crippen molar-refractivity contribution in [2.45, 2.75) is 10.7 Å². The van der Waals surface area contributed by atoms with Crippen LogP contribution in [-0.2, 0) is 4.79 Å². The van der Waals surface area contributed by atoms with Crippen LogP contribution in [0.4, 0.5) is 0 Å². The van der Waals surface area contributed by atoms with Gasteiger partial charge >= 0.3 is 0 Å². The van der Waals surface area contributed by atoms with Crippen LogP contribution in [0.2, 0.25) is 0 Å². The van der Waals surface area contributed by atoms with Crippen molar-refractivity contribution < 1.29 is 9.59 Å². The van der Waals surface area contributed by atoms with Gasteiger partial charge in [0.2, 0.25) is 5.78 Å². The first-order valence-corrected chi connectivity index (χ1v) is 6.85. The summed E-state index contributed by atoms with van der Waals surface area (Å²) in [5.74, 6) is 5.33. The molecule has 0 bridgehead atoms. The van der Waals surface area contributed by atoms with Gasteiger partial charge in [0, 0.05) is 18.7 Å². The minimum atomic E-state index is -1.99. The molecule has 0 saturated heterocycles. The third-order valence-corrected chi connectivity index (χ3v) is 2.98. The highest BCUT2D eigenvalue weighted by atomic mass is 35.6. The number of thioether (sulfide) groups is 1. The Hall–Kier alpha value is -0.600. The highest BCUT2D eigenvalue weighted by Crippen LogP contribution is 2.30. The van der Waals surface area contributed by atoms with Gasteiger partial charge in [0.05, 0.1) is 11.4 Å². The van der Waals surface area contributed by atoms with E-state index in [9.17, 15) is 9.59 Å². The molecule has 96 valence electrons. The van der Waals surface area contributed by atoms with E-state index in [0.29, 0.717) is 11.3 Å². The number of hydrogen-bond donors (Lipinski definition) is 1. The van der Waals surface area contributed by atoms with Crippen LogP contribution in [0.25, 0.3) is 0 Å². The SMILES string of the molecule is CC(=O)SCC#Cc1c[nH]c(C(=O)C(Cl)(Cl)Cl)c1. The van der Waals surface area contributed by atoms with Crippen LogP contribution in [0.3, 0.4) is 0 Å². The number of carbonyl (C=O) groups excluding carboxylic acids is 2. The Morgan fingerprint density at radius 1 is 1.44 bits per heavy atom. The van der Waals surface area contributed by atoms with E-state index in [2.05, 4.69) is 16.8 Å². The number of H-pyrrole nitrogens is 1. The van der Waals surface area contributed by atoms with Crippen LogP contribution < -0.4 is 0 Å². The second-order valence-corrected chi connectivity index (χ2v) is 6.64. The zero-order valence-corrected chi connectivity index (χ0v) is 12.3. The smallest absolute Gasteiger partial charge is 0.254 e. The number of rotatable bonds is 2. The standard InChI is InChI=1S/C11H8Cl3NO2S/c1-7(16)18-4-2-3-8-5-9(15-6-8)10(17)11(12,13)14/h5-6,15H,4H2,1H3. The quantitative estimate of drug-likeness (QED) is 0.516. The maximum atomic E-state index is 11.6. The zero-order chi connectivity index (χ0) is 13.8. The van der Waals surface area contributed by atoms with E-state index in [1.165, 1.54) is 19.2 Å². The van der Waals surface area contributed by atoms with E-state index in [0.717, 1.165) is 11.8 Å². The van der Waals surface area contributed by atoms with Gasteiger partial charge in [0.1, 0.15) is 0 Å². The largest absolute Gasteiger partial charge is 0.357 e. The van der Waals surface area contributed by atoms with Gasteiger partial charge in [-0.15, -0.1) is 0 Å². The summed E-state index contributed by atoms with van der Waals surface area (Å²) in [6.45, 7) is 1.47. The van der Waals surface area contributed by atoms with Crippen LogP contribution >= 0.6 is 46.6 Å². The number of aromatic nitrogens is 1. The van der Waals surface area contributed by atoms with Gasteiger partial charge in [0.15, 0.2) is 5.12 Å². The fraction of sp³-hybridized carbons (Fsp3) is 0.273. The molecule has 3 nitrogen and oxygen atoms in total. The number of hydrogen-bond acceptors (Lipinski definition) is 3. The summed E-state index contributed by atoms with van der Waals surface area (Å²) in [7, 11) is 0. The summed E-state index contributed by atoms with van der Waals surface area (Å²) in [5, 5.41) is 0.00504. The maximum Gasteiger partial charge on any atom is 0.254 e. The predicted molar refractivity (Wildman–Crippen MR) is 75.4 cm³/mol. The molecule has 0 atom stereocenters. The first kappa shape index (κ1) is 15.5. The number of carbonyl (C=O) groups is 2. The van der Waals surface area contributed by atoms with E-state index in [1.807, 2.05) is 0 Å². The van der Waals surface area contributed by atoms with Crippen molar-refractivity contribution in [3.8, 4) is 11.8 Å². The Morgan fingerprint density at radius 2 is 2.11 bits per heavy atom. The second kappa shape index (κ2) is 6.53. The number of halogens is 3. The van der Waals surface area contributed by atoms with E-state index in [1.54, 1.807) is 0 Å². The normalized spacial score (nSPS) is 10.7. The number of alkyl halides is 3. The molecule has 0 spiro atoms. The molecule has 1 rings (SSSR count).